The second-order valence-corrected chi connectivity index (χ2v) is 4.66. The highest BCUT2D eigenvalue weighted by atomic mass is 35.5. The first-order valence-electron chi connectivity index (χ1n) is 4.68. The van der Waals surface area contributed by atoms with Crippen molar-refractivity contribution in [3.63, 3.8) is 0 Å². The van der Waals surface area contributed by atoms with E-state index in [9.17, 15) is 26.3 Å². The molecular weight excluding hydrogens is 286 g/mol. The highest BCUT2D eigenvalue weighted by Gasteiger charge is 2.73. The summed E-state index contributed by atoms with van der Waals surface area (Å²) in [6.07, 6.45) is 1.34. The van der Waals surface area contributed by atoms with Crippen LogP contribution in [0.1, 0.15) is 13.8 Å². The predicted octanol–water partition coefficient (Wildman–Crippen LogP) is 3.38. The summed E-state index contributed by atoms with van der Waals surface area (Å²) in [6, 6.07) is 0. The molecule has 0 aliphatic carbocycles. The Hall–Kier alpha value is -0.920. The van der Waals surface area contributed by atoms with Crippen LogP contribution in [-0.2, 0) is 0 Å². The molecule has 1 rings (SSSR count). The first-order valence-corrected chi connectivity index (χ1v) is 5.05. The molecular formula is C9H9ClF6N2. The first-order chi connectivity index (χ1) is 7.81. The van der Waals surface area contributed by atoms with Crippen molar-refractivity contribution < 1.29 is 26.3 Å². The van der Waals surface area contributed by atoms with Crippen LogP contribution < -0.4 is 5.32 Å². The van der Waals surface area contributed by atoms with E-state index in [4.69, 9.17) is 0 Å². The molecule has 2 nitrogen and oxygen atoms in total. The van der Waals surface area contributed by atoms with Crippen molar-refractivity contribution in [3.05, 3.63) is 11.8 Å². The Morgan fingerprint density at radius 2 is 1.67 bits per heavy atom. The summed E-state index contributed by atoms with van der Waals surface area (Å²) in [7, 11) is 0. The van der Waals surface area contributed by atoms with E-state index < -0.39 is 28.6 Å². The number of rotatable bonds is 3. The van der Waals surface area contributed by atoms with Gasteiger partial charge in [-0.3, -0.25) is 4.99 Å². The lowest BCUT2D eigenvalue weighted by Crippen LogP contribution is -2.57. The Morgan fingerprint density at radius 1 is 1.17 bits per heavy atom. The minimum absolute atomic E-state index is 0.502. The van der Waals surface area contributed by atoms with Crippen LogP contribution in [0.3, 0.4) is 0 Å². The Balaban J connectivity index is 3.16. The SMILES string of the molecule is CC1(C)N=CC=C(C(F)(F)C(F)(F)C(F)(F)Cl)N1. The van der Waals surface area contributed by atoms with Gasteiger partial charge < -0.3 is 5.32 Å². The number of hydrogen-bond acceptors (Lipinski definition) is 2. The largest absolute Gasteiger partial charge is 0.392 e. The van der Waals surface area contributed by atoms with Crippen LogP contribution >= 0.6 is 11.6 Å². The number of alkyl halides is 7. The maximum atomic E-state index is 13.4. The minimum atomic E-state index is -5.73. The lowest BCUT2D eigenvalue weighted by atomic mass is 10.0. The number of allylic oxidation sites excluding steroid dienone is 2. The molecule has 0 fully saturated rings. The van der Waals surface area contributed by atoms with Gasteiger partial charge in [0.2, 0.25) is 0 Å². The molecule has 1 aliphatic rings. The molecule has 0 spiro atoms. The molecule has 1 heterocycles. The molecule has 0 bridgehead atoms. The highest BCUT2D eigenvalue weighted by molar-refractivity contribution is 6.22. The van der Waals surface area contributed by atoms with Crippen LogP contribution in [0.15, 0.2) is 16.8 Å². The normalized spacial score (nSPS) is 20.4. The first kappa shape index (κ1) is 15.1. The second-order valence-electron chi connectivity index (χ2n) is 4.19. The second kappa shape index (κ2) is 4.04. The van der Waals surface area contributed by atoms with E-state index >= 15 is 0 Å². The molecule has 0 aromatic rings. The van der Waals surface area contributed by atoms with Crippen molar-refractivity contribution in [2.75, 3.05) is 0 Å². The van der Waals surface area contributed by atoms with Gasteiger partial charge in [-0.2, -0.15) is 26.3 Å². The van der Waals surface area contributed by atoms with Gasteiger partial charge in [-0.05, 0) is 31.5 Å². The van der Waals surface area contributed by atoms with Gasteiger partial charge in [-0.15, -0.1) is 0 Å². The van der Waals surface area contributed by atoms with Crippen LogP contribution in [0, 0.1) is 0 Å². The van der Waals surface area contributed by atoms with Crippen molar-refractivity contribution in [1.82, 2.24) is 5.32 Å². The van der Waals surface area contributed by atoms with Crippen LogP contribution in [0.25, 0.3) is 0 Å². The lowest BCUT2D eigenvalue weighted by molar-refractivity contribution is -0.266. The monoisotopic (exact) mass is 294 g/mol. The third-order valence-corrected chi connectivity index (χ3v) is 2.41. The van der Waals surface area contributed by atoms with E-state index in [1.54, 1.807) is 0 Å². The zero-order chi connectivity index (χ0) is 14.4. The summed E-state index contributed by atoms with van der Waals surface area (Å²) in [5.41, 5.74) is -2.67. The fourth-order valence-electron chi connectivity index (χ4n) is 1.23. The number of halogens is 7. The molecule has 104 valence electrons. The van der Waals surface area contributed by atoms with Gasteiger partial charge >= 0.3 is 17.2 Å². The van der Waals surface area contributed by atoms with Crippen molar-refractivity contribution >= 4 is 17.8 Å². The molecule has 0 aromatic heterocycles. The smallest absolute Gasteiger partial charge is 0.360 e. The van der Waals surface area contributed by atoms with Crippen LogP contribution in [0.4, 0.5) is 26.3 Å². The van der Waals surface area contributed by atoms with Gasteiger partial charge in [0, 0.05) is 6.21 Å². The molecule has 0 unspecified atom stereocenters. The fraction of sp³-hybridized carbons (Fsp3) is 0.667. The zero-order valence-electron chi connectivity index (χ0n) is 9.25. The van der Waals surface area contributed by atoms with Crippen molar-refractivity contribution in [3.8, 4) is 0 Å². The van der Waals surface area contributed by atoms with E-state index in [1.807, 2.05) is 5.32 Å². The standard InChI is InChI=1S/C9H9ClF6N2/c1-6(2)17-4-3-5(18-6)7(11,12)8(13,14)9(10,15)16/h3-4,18H,1-2H3. The highest BCUT2D eigenvalue weighted by Crippen LogP contribution is 2.50. The summed E-state index contributed by atoms with van der Waals surface area (Å²) in [4.78, 5) is 3.66. The number of hydrogen-bond donors (Lipinski definition) is 1. The van der Waals surface area contributed by atoms with Crippen molar-refractivity contribution in [2.45, 2.75) is 36.7 Å². The number of nitrogens with one attached hydrogen (secondary N) is 1. The molecule has 1 N–H and O–H groups in total. The third-order valence-electron chi connectivity index (χ3n) is 2.17. The van der Waals surface area contributed by atoms with E-state index in [-0.39, 0.29) is 0 Å². The molecule has 18 heavy (non-hydrogen) atoms. The maximum Gasteiger partial charge on any atom is 0.392 e. The van der Waals surface area contributed by atoms with Gasteiger partial charge in [-0.25, -0.2) is 0 Å². The predicted molar refractivity (Wildman–Crippen MR) is 54.5 cm³/mol. The number of aliphatic imine (C=N–C) groups is 1. The van der Waals surface area contributed by atoms with E-state index in [1.165, 1.54) is 13.8 Å². The molecule has 0 atom stereocenters. The molecule has 0 aromatic carbocycles. The summed E-state index contributed by atoms with van der Waals surface area (Å²) < 4.78 is 77.6. The van der Waals surface area contributed by atoms with Gasteiger partial charge in [0.1, 0.15) is 5.66 Å². The average Bonchev–Trinajstić information content (AvgIpc) is 2.13. The molecule has 0 amide bonds. The summed E-state index contributed by atoms with van der Waals surface area (Å²) in [5.74, 6) is -10.9. The topological polar surface area (TPSA) is 24.4 Å². The Kier molecular flexibility index (Phi) is 3.40. The van der Waals surface area contributed by atoms with E-state index in [2.05, 4.69) is 16.6 Å². The van der Waals surface area contributed by atoms with Gasteiger partial charge in [0.25, 0.3) is 0 Å². The van der Waals surface area contributed by atoms with Gasteiger partial charge in [0.05, 0.1) is 5.70 Å². The van der Waals surface area contributed by atoms with Crippen LogP contribution in [0.2, 0.25) is 0 Å². The molecule has 1 aliphatic heterocycles. The van der Waals surface area contributed by atoms with Crippen LogP contribution in [-0.4, -0.2) is 29.1 Å². The van der Waals surface area contributed by atoms with Crippen molar-refractivity contribution in [1.29, 1.82) is 0 Å². The lowest BCUT2D eigenvalue weighted by Gasteiger charge is -2.35. The fourth-order valence-corrected chi connectivity index (χ4v) is 1.35. The molecule has 9 heteroatoms. The van der Waals surface area contributed by atoms with Crippen molar-refractivity contribution in [2.24, 2.45) is 4.99 Å². The quantitative estimate of drug-likeness (QED) is 0.626. The summed E-state index contributed by atoms with van der Waals surface area (Å²) in [5, 5.41) is -3.42. The average molecular weight is 295 g/mol. The van der Waals surface area contributed by atoms with E-state index in [0.29, 0.717) is 6.08 Å². The maximum absolute atomic E-state index is 13.4. The summed E-state index contributed by atoms with van der Waals surface area (Å²) in [6.45, 7) is 2.62. The molecule has 0 radical (unpaired) electrons. The Labute approximate surface area is 104 Å². The minimum Gasteiger partial charge on any atom is -0.360 e. The number of nitrogens with zero attached hydrogens (tertiary/aromatic N) is 1. The molecule has 0 saturated carbocycles. The zero-order valence-corrected chi connectivity index (χ0v) is 10.0. The summed E-state index contributed by atoms with van der Waals surface area (Å²) >= 11 is 4.05. The van der Waals surface area contributed by atoms with Gasteiger partial charge in [-0.1, -0.05) is 0 Å². The Morgan fingerprint density at radius 3 is 2.06 bits per heavy atom. The third kappa shape index (κ3) is 2.43. The van der Waals surface area contributed by atoms with Gasteiger partial charge in [0.15, 0.2) is 0 Å². The van der Waals surface area contributed by atoms with E-state index in [0.717, 1.165) is 6.21 Å². The van der Waals surface area contributed by atoms with Crippen LogP contribution in [0.5, 0.6) is 0 Å². The molecule has 0 saturated heterocycles. The Bertz CT molecular complexity index is 396.